The van der Waals surface area contributed by atoms with Crippen LogP contribution in [0.4, 0.5) is 0 Å². The molecule has 0 bridgehead atoms. The van der Waals surface area contributed by atoms with Gasteiger partial charge < -0.3 is 10.2 Å². The molecule has 1 fully saturated rings. The molecule has 4 heteroatoms. The third-order valence-corrected chi connectivity index (χ3v) is 4.46. The maximum Gasteiger partial charge on any atom is 0.232 e. The fraction of sp³-hybridized carbons (Fsp3) is 0.562. The van der Waals surface area contributed by atoms with Gasteiger partial charge in [0.25, 0.3) is 0 Å². The van der Waals surface area contributed by atoms with Crippen molar-refractivity contribution >= 4 is 17.7 Å². The standard InChI is InChI=1S/C16H24N2OS/c1-13(2)17-11-14-5-7-15(8-6-14)20-12-16(19)18-9-3-4-10-18/h5-8,13,17H,3-4,9-12H2,1-2H3. The van der Waals surface area contributed by atoms with Crippen molar-refractivity contribution in [3.8, 4) is 0 Å². The Bertz CT molecular complexity index is 425. The van der Waals surface area contributed by atoms with E-state index in [1.165, 1.54) is 10.5 Å². The lowest BCUT2D eigenvalue weighted by atomic mass is 10.2. The third kappa shape index (κ3) is 4.84. The second kappa shape index (κ2) is 7.70. The predicted octanol–water partition coefficient (Wildman–Crippen LogP) is 2.90. The average molecular weight is 292 g/mol. The monoisotopic (exact) mass is 292 g/mol. The second-order valence-electron chi connectivity index (χ2n) is 5.56. The van der Waals surface area contributed by atoms with Gasteiger partial charge in [0.15, 0.2) is 0 Å². The topological polar surface area (TPSA) is 32.3 Å². The summed E-state index contributed by atoms with van der Waals surface area (Å²) >= 11 is 1.64. The van der Waals surface area contributed by atoms with E-state index >= 15 is 0 Å². The lowest BCUT2D eigenvalue weighted by Crippen LogP contribution is -2.29. The number of nitrogens with zero attached hydrogens (tertiary/aromatic N) is 1. The van der Waals surface area contributed by atoms with Crippen LogP contribution < -0.4 is 5.32 Å². The summed E-state index contributed by atoms with van der Waals surface area (Å²) in [5, 5.41) is 3.40. The zero-order chi connectivity index (χ0) is 14.4. The summed E-state index contributed by atoms with van der Waals surface area (Å²) in [5.74, 6) is 0.835. The van der Waals surface area contributed by atoms with E-state index in [9.17, 15) is 4.79 Å². The molecule has 0 radical (unpaired) electrons. The summed E-state index contributed by atoms with van der Waals surface area (Å²) in [6.45, 7) is 7.08. The molecule has 20 heavy (non-hydrogen) atoms. The Morgan fingerprint density at radius 2 is 1.90 bits per heavy atom. The van der Waals surface area contributed by atoms with Crippen molar-refractivity contribution in [3.05, 3.63) is 29.8 Å². The first-order valence-corrected chi connectivity index (χ1v) is 8.36. The summed E-state index contributed by atoms with van der Waals surface area (Å²) in [6, 6.07) is 9.00. The van der Waals surface area contributed by atoms with Crippen LogP contribution in [-0.2, 0) is 11.3 Å². The minimum absolute atomic E-state index is 0.276. The maximum absolute atomic E-state index is 12.0. The van der Waals surface area contributed by atoms with E-state index in [0.29, 0.717) is 11.8 Å². The van der Waals surface area contributed by atoms with Crippen LogP contribution in [0.25, 0.3) is 0 Å². The number of carbonyl (C=O) groups is 1. The van der Waals surface area contributed by atoms with Crippen molar-refractivity contribution in [3.63, 3.8) is 0 Å². The first-order chi connectivity index (χ1) is 9.65. The Morgan fingerprint density at radius 1 is 1.25 bits per heavy atom. The van der Waals surface area contributed by atoms with Crippen LogP contribution in [0, 0.1) is 0 Å². The quantitative estimate of drug-likeness (QED) is 0.818. The molecule has 0 atom stereocenters. The highest BCUT2D eigenvalue weighted by Gasteiger charge is 2.17. The number of hydrogen-bond donors (Lipinski definition) is 1. The summed E-state index contributed by atoms with van der Waals surface area (Å²) in [7, 11) is 0. The minimum Gasteiger partial charge on any atom is -0.342 e. The Labute approximate surface area is 126 Å². The van der Waals surface area contributed by atoms with Crippen LogP contribution in [0.3, 0.4) is 0 Å². The van der Waals surface area contributed by atoms with E-state index in [2.05, 4.69) is 43.4 Å². The zero-order valence-electron chi connectivity index (χ0n) is 12.4. The Morgan fingerprint density at radius 3 is 2.50 bits per heavy atom. The summed E-state index contributed by atoms with van der Waals surface area (Å²) in [4.78, 5) is 15.1. The van der Waals surface area contributed by atoms with Crippen LogP contribution in [0.1, 0.15) is 32.3 Å². The average Bonchev–Trinajstić information content (AvgIpc) is 2.98. The van der Waals surface area contributed by atoms with Gasteiger partial charge in [0, 0.05) is 30.6 Å². The predicted molar refractivity (Wildman–Crippen MR) is 85.0 cm³/mol. The van der Waals surface area contributed by atoms with Gasteiger partial charge in [-0.3, -0.25) is 4.79 Å². The summed E-state index contributed by atoms with van der Waals surface area (Å²) in [5.41, 5.74) is 1.29. The van der Waals surface area contributed by atoms with Gasteiger partial charge in [0.1, 0.15) is 0 Å². The van der Waals surface area contributed by atoms with Crippen LogP contribution in [0.2, 0.25) is 0 Å². The van der Waals surface area contributed by atoms with Crippen molar-refractivity contribution < 1.29 is 4.79 Å². The van der Waals surface area contributed by atoms with Gasteiger partial charge in [-0.15, -0.1) is 11.8 Å². The van der Waals surface area contributed by atoms with E-state index in [1.807, 2.05) is 4.90 Å². The molecule has 2 rings (SSSR count). The van der Waals surface area contributed by atoms with Gasteiger partial charge in [-0.1, -0.05) is 26.0 Å². The Kier molecular flexibility index (Phi) is 5.92. The van der Waals surface area contributed by atoms with E-state index in [4.69, 9.17) is 0 Å². The van der Waals surface area contributed by atoms with Gasteiger partial charge >= 0.3 is 0 Å². The number of nitrogens with one attached hydrogen (secondary N) is 1. The smallest absolute Gasteiger partial charge is 0.232 e. The number of rotatable bonds is 6. The van der Waals surface area contributed by atoms with Crippen LogP contribution >= 0.6 is 11.8 Å². The second-order valence-corrected chi connectivity index (χ2v) is 6.60. The summed E-state index contributed by atoms with van der Waals surface area (Å²) < 4.78 is 0. The van der Waals surface area contributed by atoms with Gasteiger partial charge in [-0.25, -0.2) is 0 Å². The molecule has 1 aliphatic rings. The minimum atomic E-state index is 0.276. The highest BCUT2D eigenvalue weighted by Crippen LogP contribution is 2.20. The number of amides is 1. The van der Waals surface area contributed by atoms with Crippen LogP contribution in [0.15, 0.2) is 29.2 Å². The van der Waals surface area contributed by atoms with Gasteiger partial charge in [0.05, 0.1) is 5.75 Å². The fourth-order valence-corrected chi connectivity index (χ4v) is 3.03. The van der Waals surface area contributed by atoms with Crippen molar-refractivity contribution in [2.75, 3.05) is 18.8 Å². The maximum atomic E-state index is 12.0. The molecule has 1 aliphatic heterocycles. The molecule has 110 valence electrons. The molecule has 0 unspecified atom stereocenters. The number of likely N-dealkylation sites (tertiary alicyclic amines) is 1. The summed E-state index contributed by atoms with van der Waals surface area (Å²) in [6.07, 6.45) is 2.32. The lowest BCUT2D eigenvalue weighted by Gasteiger charge is -2.14. The zero-order valence-corrected chi connectivity index (χ0v) is 13.2. The molecule has 1 N–H and O–H groups in total. The molecule has 1 saturated heterocycles. The Balaban J connectivity index is 1.77. The molecular formula is C16H24N2OS. The highest BCUT2D eigenvalue weighted by atomic mass is 32.2. The van der Waals surface area contributed by atoms with Crippen LogP contribution in [0.5, 0.6) is 0 Å². The normalized spacial score (nSPS) is 15.1. The van der Waals surface area contributed by atoms with Gasteiger partial charge in [-0.05, 0) is 30.5 Å². The molecule has 0 saturated carbocycles. The first kappa shape index (κ1) is 15.4. The van der Waals surface area contributed by atoms with Crippen molar-refractivity contribution in [2.24, 2.45) is 0 Å². The molecule has 0 aliphatic carbocycles. The lowest BCUT2D eigenvalue weighted by molar-refractivity contribution is -0.127. The molecule has 3 nitrogen and oxygen atoms in total. The molecule has 0 aromatic heterocycles. The van der Waals surface area contributed by atoms with E-state index in [-0.39, 0.29) is 5.91 Å². The van der Waals surface area contributed by atoms with Crippen LogP contribution in [-0.4, -0.2) is 35.7 Å². The molecule has 0 spiro atoms. The third-order valence-electron chi connectivity index (χ3n) is 3.46. The Hall–Kier alpha value is -1.00. The molecular weight excluding hydrogens is 268 g/mol. The van der Waals surface area contributed by atoms with Crippen molar-refractivity contribution in [2.45, 2.75) is 44.2 Å². The molecule has 1 aromatic carbocycles. The SMILES string of the molecule is CC(C)NCc1ccc(SCC(=O)N2CCCC2)cc1. The number of benzene rings is 1. The van der Waals surface area contributed by atoms with E-state index in [1.54, 1.807) is 11.8 Å². The molecule has 1 aromatic rings. The molecule has 1 heterocycles. The van der Waals surface area contributed by atoms with Gasteiger partial charge in [0.2, 0.25) is 5.91 Å². The number of thioether (sulfide) groups is 1. The van der Waals surface area contributed by atoms with E-state index in [0.717, 1.165) is 32.5 Å². The highest BCUT2D eigenvalue weighted by molar-refractivity contribution is 8.00. The fourth-order valence-electron chi connectivity index (χ4n) is 2.23. The largest absolute Gasteiger partial charge is 0.342 e. The van der Waals surface area contributed by atoms with Gasteiger partial charge in [-0.2, -0.15) is 0 Å². The van der Waals surface area contributed by atoms with E-state index < -0.39 is 0 Å². The number of carbonyl (C=O) groups excluding carboxylic acids is 1. The van der Waals surface area contributed by atoms with Crippen molar-refractivity contribution in [1.29, 1.82) is 0 Å². The first-order valence-electron chi connectivity index (χ1n) is 7.38. The number of hydrogen-bond acceptors (Lipinski definition) is 3. The molecule has 1 amide bonds. The van der Waals surface area contributed by atoms with Crippen molar-refractivity contribution in [1.82, 2.24) is 10.2 Å².